The molecule has 0 fully saturated rings. The fourth-order valence-corrected chi connectivity index (χ4v) is 1.44. The van der Waals surface area contributed by atoms with Crippen LogP contribution in [0.4, 0.5) is 11.4 Å². The summed E-state index contributed by atoms with van der Waals surface area (Å²) in [7, 11) is 0. The average Bonchev–Trinajstić information content (AvgIpc) is 2.34. The smallest absolute Gasteiger partial charge is 0.250 e. The van der Waals surface area contributed by atoms with Gasteiger partial charge in [0.25, 0.3) is 5.91 Å². The van der Waals surface area contributed by atoms with Crippen LogP contribution in [-0.4, -0.2) is 24.9 Å². The summed E-state index contributed by atoms with van der Waals surface area (Å²) in [5.41, 5.74) is 12.0. The van der Waals surface area contributed by atoms with E-state index in [4.69, 9.17) is 11.5 Å². The molecule has 0 aliphatic rings. The first-order valence-corrected chi connectivity index (χ1v) is 5.75. The molecule has 6 heteroatoms. The van der Waals surface area contributed by atoms with Crippen LogP contribution >= 0.6 is 0 Å². The van der Waals surface area contributed by atoms with E-state index in [1.807, 2.05) is 6.92 Å². The van der Waals surface area contributed by atoms with Crippen LogP contribution in [-0.2, 0) is 4.79 Å². The lowest BCUT2D eigenvalue weighted by atomic mass is 10.1. The Hall–Kier alpha value is -2.24. The summed E-state index contributed by atoms with van der Waals surface area (Å²) in [6, 6.07) is 4.89. The number of carbonyl (C=O) groups is 2. The molecule has 0 spiro atoms. The summed E-state index contributed by atoms with van der Waals surface area (Å²) in [5.74, 6) is -0.715. The highest BCUT2D eigenvalue weighted by Crippen LogP contribution is 2.21. The van der Waals surface area contributed by atoms with E-state index in [2.05, 4.69) is 10.6 Å². The maximum absolute atomic E-state index is 11.4. The third kappa shape index (κ3) is 3.65. The quantitative estimate of drug-likeness (QED) is 0.544. The number of para-hydroxylation sites is 1. The Labute approximate surface area is 106 Å². The van der Waals surface area contributed by atoms with Crippen LogP contribution < -0.4 is 22.1 Å². The van der Waals surface area contributed by atoms with Gasteiger partial charge in [0.2, 0.25) is 5.91 Å². The molecular formula is C12H18N4O2. The molecule has 2 amide bonds. The van der Waals surface area contributed by atoms with Gasteiger partial charge in [0.1, 0.15) is 0 Å². The Morgan fingerprint density at radius 3 is 2.67 bits per heavy atom. The molecule has 0 aromatic heterocycles. The lowest BCUT2D eigenvalue weighted by Gasteiger charge is -2.11. The summed E-state index contributed by atoms with van der Waals surface area (Å²) in [6.07, 6.45) is 0.880. The van der Waals surface area contributed by atoms with Crippen molar-refractivity contribution in [2.75, 3.05) is 24.1 Å². The molecule has 0 radical (unpaired) electrons. The van der Waals surface area contributed by atoms with Crippen LogP contribution in [0.2, 0.25) is 0 Å². The van der Waals surface area contributed by atoms with E-state index in [0.717, 1.165) is 6.42 Å². The average molecular weight is 250 g/mol. The van der Waals surface area contributed by atoms with Gasteiger partial charge in [-0.25, -0.2) is 0 Å². The highest BCUT2D eigenvalue weighted by atomic mass is 16.2. The van der Waals surface area contributed by atoms with E-state index < -0.39 is 5.91 Å². The van der Waals surface area contributed by atoms with Crippen LogP contribution in [0.1, 0.15) is 23.7 Å². The number of rotatable bonds is 6. The molecule has 0 bridgehead atoms. The Morgan fingerprint density at radius 1 is 1.33 bits per heavy atom. The minimum Gasteiger partial charge on any atom is -0.396 e. The zero-order valence-corrected chi connectivity index (χ0v) is 10.3. The molecule has 1 aromatic rings. The number of amides is 2. The Kier molecular flexibility index (Phi) is 4.98. The number of carbonyl (C=O) groups excluding carboxylic acids is 2. The molecule has 6 nitrogen and oxygen atoms in total. The highest BCUT2D eigenvalue weighted by Gasteiger charge is 2.09. The molecule has 18 heavy (non-hydrogen) atoms. The zero-order valence-electron chi connectivity index (χ0n) is 10.3. The monoisotopic (exact) mass is 250 g/mol. The maximum atomic E-state index is 11.4. The summed E-state index contributed by atoms with van der Waals surface area (Å²) >= 11 is 0. The SMILES string of the molecule is CCCNC(=O)CNc1cccc(C(N)=O)c1N. The third-order valence-electron chi connectivity index (χ3n) is 2.38. The van der Waals surface area contributed by atoms with Gasteiger partial charge in [-0.05, 0) is 18.6 Å². The van der Waals surface area contributed by atoms with Crippen molar-refractivity contribution in [3.8, 4) is 0 Å². The minimum absolute atomic E-state index is 0.104. The second-order valence-electron chi connectivity index (χ2n) is 3.83. The number of anilines is 2. The molecule has 0 saturated heterocycles. The van der Waals surface area contributed by atoms with E-state index in [0.29, 0.717) is 12.2 Å². The van der Waals surface area contributed by atoms with E-state index in [-0.39, 0.29) is 23.7 Å². The van der Waals surface area contributed by atoms with E-state index in [1.54, 1.807) is 18.2 Å². The lowest BCUT2D eigenvalue weighted by molar-refractivity contribution is -0.119. The number of hydrogen-bond donors (Lipinski definition) is 4. The summed E-state index contributed by atoms with van der Waals surface area (Å²) < 4.78 is 0. The molecule has 0 atom stereocenters. The fourth-order valence-electron chi connectivity index (χ4n) is 1.44. The van der Waals surface area contributed by atoms with Gasteiger partial charge in [0, 0.05) is 6.54 Å². The number of nitrogens with one attached hydrogen (secondary N) is 2. The highest BCUT2D eigenvalue weighted by molar-refractivity contribution is 6.01. The molecule has 6 N–H and O–H groups in total. The molecule has 98 valence electrons. The number of benzene rings is 1. The minimum atomic E-state index is -0.591. The molecule has 1 aromatic carbocycles. The molecular weight excluding hydrogens is 232 g/mol. The van der Waals surface area contributed by atoms with Crippen molar-refractivity contribution in [3.63, 3.8) is 0 Å². The summed E-state index contributed by atoms with van der Waals surface area (Å²) in [4.78, 5) is 22.5. The van der Waals surface area contributed by atoms with Crippen LogP contribution in [0.3, 0.4) is 0 Å². The summed E-state index contributed by atoms with van der Waals surface area (Å²) in [6.45, 7) is 2.71. The second kappa shape index (κ2) is 6.48. The number of primary amides is 1. The number of nitrogens with two attached hydrogens (primary N) is 2. The molecule has 0 aliphatic carbocycles. The van der Waals surface area contributed by atoms with Crippen molar-refractivity contribution in [2.24, 2.45) is 5.73 Å². The van der Waals surface area contributed by atoms with Crippen molar-refractivity contribution in [1.82, 2.24) is 5.32 Å². The van der Waals surface area contributed by atoms with Gasteiger partial charge >= 0.3 is 0 Å². The predicted octanol–water partition coefficient (Wildman–Crippen LogP) is 0.306. The van der Waals surface area contributed by atoms with Crippen molar-refractivity contribution in [1.29, 1.82) is 0 Å². The summed E-state index contributed by atoms with van der Waals surface area (Å²) in [5, 5.41) is 5.60. The molecule has 0 heterocycles. The predicted molar refractivity (Wildman–Crippen MR) is 71.2 cm³/mol. The number of hydrogen-bond acceptors (Lipinski definition) is 4. The van der Waals surface area contributed by atoms with Crippen molar-refractivity contribution in [2.45, 2.75) is 13.3 Å². The zero-order chi connectivity index (χ0) is 13.5. The standard InChI is InChI=1S/C12H18N4O2/c1-2-6-15-10(17)7-16-9-5-3-4-8(11(9)13)12(14)18/h3-5,16H,2,6-7,13H2,1H3,(H2,14,18)(H,15,17). The van der Waals surface area contributed by atoms with Gasteiger partial charge < -0.3 is 22.1 Å². The van der Waals surface area contributed by atoms with Gasteiger partial charge in [-0.3, -0.25) is 9.59 Å². The molecule has 0 aliphatic heterocycles. The van der Waals surface area contributed by atoms with Crippen LogP contribution in [0.25, 0.3) is 0 Å². The van der Waals surface area contributed by atoms with Crippen LogP contribution in [0.15, 0.2) is 18.2 Å². The Morgan fingerprint density at radius 2 is 2.06 bits per heavy atom. The van der Waals surface area contributed by atoms with E-state index in [1.165, 1.54) is 0 Å². The fraction of sp³-hybridized carbons (Fsp3) is 0.333. The van der Waals surface area contributed by atoms with Gasteiger partial charge in [-0.2, -0.15) is 0 Å². The number of nitrogen functional groups attached to an aromatic ring is 1. The third-order valence-corrected chi connectivity index (χ3v) is 2.38. The molecule has 1 rings (SSSR count). The topological polar surface area (TPSA) is 110 Å². The molecule has 0 unspecified atom stereocenters. The second-order valence-corrected chi connectivity index (χ2v) is 3.83. The van der Waals surface area contributed by atoms with Crippen LogP contribution in [0.5, 0.6) is 0 Å². The normalized spacial score (nSPS) is 9.83. The Bertz CT molecular complexity index is 446. The van der Waals surface area contributed by atoms with Gasteiger partial charge in [-0.1, -0.05) is 13.0 Å². The lowest BCUT2D eigenvalue weighted by Crippen LogP contribution is -2.30. The first kappa shape index (κ1) is 13.8. The van der Waals surface area contributed by atoms with Gasteiger partial charge in [-0.15, -0.1) is 0 Å². The van der Waals surface area contributed by atoms with Crippen LogP contribution in [0, 0.1) is 0 Å². The Balaban J connectivity index is 2.65. The first-order chi connectivity index (χ1) is 8.56. The van der Waals surface area contributed by atoms with Crippen molar-refractivity contribution < 1.29 is 9.59 Å². The molecule has 0 saturated carbocycles. The van der Waals surface area contributed by atoms with Gasteiger partial charge in [0.05, 0.1) is 23.5 Å². The first-order valence-electron chi connectivity index (χ1n) is 5.75. The van der Waals surface area contributed by atoms with E-state index >= 15 is 0 Å². The van der Waals surface area contributed by atoms with E-state index in [9.17, 15) is 9.59 Å². The van der Waals surface area contributed by atoms with Crippen molar-refractivity contribution in [3.05, 3.63) is 23.8 Å². The van der Waals surface area contributed by atoms with Crippen molar-refractivity contribution >= 4 is 23.2 Å². The maximum Gasteiger partial charge on any atom is 0.250 e. The van der Waals surface area contributed by atoms with Gasteiger partial charge in [0.15, 0.2) is 0 Å². The largest absolute Gasteiger partial charge is 0.396 e.